The summed E-state index contributed by atoms with van der Waals surface area (Å²) in [7, 11) is 0. The minimum Gasteiger partial charge on any atom is -0.492 e. The van der Waals surface area contributed by atoms with E-state index in [9.17, 15) is 19.8 Å². The van der Waals surface area contributed by atoms with E-state index in [0.717, 1.165) is 42.4 Å². The van der Waals surface area contributed by atoms with Crippen molar-refractivity contribution < 1.29 is 29.4 Å². The van der Waals surface area contributed by atoms with Crippen LogP contribution in [-0.2, 0) is 20.9 Å². The highest BCUT2D eigenvalue weighted by molar-refractivity contribution is 5.70. The van der Waals surface area contributed by atoms with Gasteiger partial charge in [-0.3, -0.25) is 4.79 Å². The first-order valence-electron chi connectivity index (χ1n) is 12.6. The fraction of sp³-hybridized carbons (Fsp3) is 0.556. The van der Waals surface area contributed by atoms with Crippen molar-refractivity contribution in [2.75, 3.05) is 0 Å². The minimum absolute atomic E-state index is 0.111. The maximum Gasteiger partial charge on any atom is 0.333 e. The van der Waals surface area contributed by atoms with Gasteiger partial charge in [-0.2, -0.15) is 0 Å². The Morgan fingerprint density at radius 2 is 1.06 bits per heavy atom. The van der Waals surface area contributed by atoms with Crippen LogP contribution in [-0.4, -0.2) is 26.9 Å². The molecule has 34 heavy (non-hydrogen) atoms. The number of hydrogen-bond donors (Lipinski definition) is 2. The number of rotatable bonds is 18. The topological polar surface area (TPSA) is 98.0 Å². The third-order valence-electron chi connectivity index (χ3n) is 5.75. The normalized spacial score (nSPS) is 10.8. The summed E-state index contributed by atoms with van der Waals surface area (Å²) in [4.78, 5) is 28.4. The van der Waals surface area contributed by atoms with Gasteiger partial charge in [-0.05, 0) is 18.4 Å². The Bertz CT molecular complexity index is 813. The van der Waals surface area contributed by atoms with Crippen molar-refractivity contribution in [3.8, 4) is 11.8 Å². The molecule has 0 bridgehead atoms. The molecule has 0 radical (unpaired) electrons. The highest BCUT2D eigenvalue weighted by Crippen LogP contribution is 2.19. The fourth-order valence-corrected chi connectivity index (χ4v) is 3.76. The van der Waals surface area contributed by atoms with Gasteiger partial charge in [0.05, 0.1) is 0 Å². The Labute approximate surface area is 202 Å². The molecule has 1 heterocycles. The van der Waals surface area contributed by atoms with Crippen molar-refractivity contribution in [1.29, 1.82) is 0 Å². The predicted octanol–water partition coefficient (Wildman–Crippen LogP) is 6.06. The van der Waals surface area contributed by atoms with Crippen LogP contribution in [0.5, 0.6) is 11.8 Å². The SMILES string of the molecule is O=C(CCCCCCCCCCCCCCC(=O)On1c(O)ccc1O)OCc1ccccc1. The van der Waals surface area contributed by atoms with Gasteiger partial charge in [-0.1, -0.05) is 94.5 Å². The number of nitrogens with zero attached hydrogens (tertiary/aromatic N) is 1. The van der Waals surface area contributed by atoms with Crippen LogP contribution in [0.3, 0.4) is 0 Å². The molecule has 7 heteroatoms. The van der Waals surface area contributed by atoms with Crippen molar-refractivity contribution in [2.45, 2.75) is 96.5 Å². The minimum atomic E-state index is -0.467. The van der Waals surface area contributed by atoms with E-state index in [1.165, 1.54) is 57.1 Å². The van der Waals surface area contributed by atoms with E-state index < -0.39 is 5.97 Å². The molecule has 0 spiro atoms. The third kappa shape index (κ3) is 11.8. The van der Waals surface area contributed by atoms with Crippen LogP contribution >= 0.6 is 0 Å². The number of benzene rings is 1. The van der Waals surface area contributed by atoms with Crippen LogP contribution in [0.15, 0.2) is 42.5 Å². The van der Waals surface area contributed by atoms with Gasteiger partial charge < -0.3 is 19.8 Å². The van der Waals surface area contributed by atoms with Gasteiger partial charge in [-0.25, -0.2) is 4.79 Å². The second kappa shape index (κ2) is 16.6. The van der Waals surface area contributed by atoms with Gasteiger partial charge in [0, 0.05) is 25.0 Å². The zero-order valence-corrected chi connectivity index (χ0v) is 20.1. The summed E-state index contributed by atoms with van der Waals surface area (Å²) in [5.74, 6) is -1.18. The fourth-order valence-electron chi connectivity index (χ4n) is 3.76. The van der Waals surface area contributed by atoms with Gasteiger partial charge in [0.1, 0.15) is 6.61 Å². The molecule has 1 aromatic heterocycles. The van der Waals surface area contributed by atoms with Crippen molar-refractivity contribution in [1.82, 2.24) is 4.73 Å². The van der Waals surface area contributed by atoms with E-state index in [2.05, 4.69) is 0 Å². The average Bonchev–Trinajstić information content (AvgIpc) is 3.15. The highest BCUT2D eigenvalue weighted by atomic mass is 16.7. The number of unbranched alkanes of at least 4 members (excludes halogenated alkanes) is 11. The Morgan fingerprint density at radius 3 is 1.56 bits per heavy atom. The van der Waals surface area contributed by atoms with Gasteiger partial charge >= 0.3 is 11.9 Å². The molecular weight excluding hydrogens is 434 g/mol. The van der Waals surface area contributed by atoms with Crippen LogP contribution in [0.25, 0.3) is 0 Å². The molecule has 0 saturated carbocycles. The van der Waals surface area contributed by atoms with Crippen molar-refractivity contribution in [3.05, 3.63) is 48.0 Å². The number of aromatic nitrogens is 1. The third-order valence-corrected chi connectivity index (χ3v) is 5.75. The molecule has 0 aliphatic carbocycles. The Balaban J connectivity index is 1.31. The Morgan fingerprint density at radius 1 is 0.618 bits per heavy atom. The molecule has 0 aliphatic rings. The summed E-state index contributed by atoms with van der Waals surface area (Å²) in [6, 6.07) is 12.3. The Hall–Kier alpha value is -2.96. The first kappa shape index (κ1) is 27.3. The Kier molecular flexibility index (Phi) is 13.3. The first-order valence-corrected chi connectivity index (χ1v) is 12.6. The summed E-state index contributed by atoms with van der Waals surface area (Å²) in [6.45, 7) is 0.358. The summed E-state index contributed by atoms with van der Waals surface area (Å²) in [5.41, 5.74) is 1.02. The lowest BCUT2D eigenvalue weighted by molar-refractivity contribution is -0.146. The zero-order chi connectivity index (χ0) is 24.4. The van der Waals surface area contributed by atoms with Crippen molar-refractivity contribution >= 4 is 11.9 Å². The van der Waals surface area contributed by atoms with Crippen LogP contribution in [0.2, 0.25) is 0 Å². The predicted molar refractivity (Wildman–Crippen MR) is 130 cm³/mol. The van der Waals surface area contributed by atoms with Gasteiger partial charge in [0.2, 0.25) is 11.8 Å². The summed E-state index contributed by atoms with van der Waals surface area (Å²) in [5, 5.41) is 18.9. The monoisotopic (exact) mass is 473 g/mol. The molecule has 0 aliphatic heterocycles. The molecular formula is C27H39NO6. The molecule has 0 unspecified atom stereocenters. The number of hydrogen-bond acceptors (Lipinski definition) is 6. The number of ether oxygens (including phenoxy) is 1. The molecule has 1 aromatic carbocycles. The molecule has 188 valence electrons. The van der Waals surface area contributed by atoms with Gasteiger partial charge in [0.15, 0.2) is 0 Å². The number of carbonyl (C=O) groups excluding carboxylic acids is 2. The maximum atomic E-state index is 11.8. The number of aromatic hydroxyl groups is 2. The largest absolute Gasteiger partial charge is 0.492 e. The van der Waals surface area contributed by atoms with Crippen LogP contribution in [0.4, 0.5) is 0 Å². The zero-order valence-electron chi connectivity index (χ0n) is 20.1. The molecule has 2 aromatic rings. The molecule has 0 saturated heterocycles. The van der Waals surface area contributed by atoms with Gasteiger partial charge in [0.25, 0.3) is 0 Å². The van der Waals surface area contributed by atoms with E-state index >= 15 is 0 Å². The van der Waals surface area contributed by atoms with Crippen molar-refractivity contribution in [2.24, 2.45) is 0 Å². The maximum absolute atomic E-state index is 11.8. The molecule has 2 rings (SSSR count). The van der Waals surface area contributed by atoms with Crippen molar-refractivity contribution in [3.63, 3.8) is 0 Å². The van der Waals surface area contributed by atoms with Gasteiger partial charge in [-0.15, -0.1) is 4.73 Å². The first-order chi connectivity index (χ1) is 16.6. The molecule has 7 nitrogen and oxygen atoms in total. The number of carbonyl (C=O) groups is 2. The van der Waals surface area contributed by atoms with E-state index in [4.69, 9.17) is 9.57 Å². The second-order valence-electron chi connectivity index (χ2n) is 8.70. The average molecular weight is 474 g/mol. The standard InChI is InChI=1S/C27H39NO6/c29-24-20-21-25(30)28(24)34-27(32)19-15-10-8-6-4-2-1-3-5-7-9-14-18-26(31)33-22-23-16-12-11-13-17-23/h11-13,16-17,20-21,29-30H,1-10,14-15,18-19,22H2. The van der Waals surface area contributed by atoms with E-state index in [-0.39, 0.29) is 24.2 Å². The van der Waals surface area contributed by atoms with E-state index in [0.29, 0.717) is 13.0 Å². The molecule has 0 atom stereocenters. The van der Waals surface area contributed by atoms with Crippen LogP contribution in [0, 0.1) is 0 Å². The quantitative estimate of drug-likeness (QED) is 0.202. The lowest BCUT2D eigenvalue weighted by Gasteiger charge is -2.07. The molecule has 2 N–H and O–H groups in total. The van der Waals surface area contributed by atoms with E-state index in [1.807, 2.05) is 30.3 Å². The lowest BCUT2D eigenvalue weighted by atomic mass is 10.0. The summed E-state index contributed by atoms with van der Waals surface area (Å²) < 4.78 is 6.02. The summed E-state index contributed by atoms with van der Waals surface area (Å²) >= 11 is 0. The highest BCUT2D eigenvalue weighted by Gasteiger charge is 2.11. The van der Waals surface area contributed by atoms with Crippen LogP contribution < -0.4 is 4.84 Å². The smallest absolute Gasteiger partial charge is 0.333 e. The molecule has 0 fully saturated rings. The molecule has 0 amide bonds. The second-order valence-corrected chi connectivity index (χ2v) is 8.70. The summed E-state index contributed by atoms with van der Waals surface area (Å²) in [6.07, 6.45) is 14.0. The lowest BCUT2D eigenvalue weighted by Crippen LogP contribution is -2.18. The van der Waals surface area contributed by atoms with Crippen LogP contribution in [0.1, 0.15) is 95.5 Å². The number of esters is 1. The van der Waals surface area contributed by atoms with E-state index in [1.54, 1.807) is 0 Å².